The SMILES string of the molecule is Cc1ccc(C(=O)CC(NC(=O)Cc2ccc([N+](=O)[O-])cc2)c2cccc(Cl)c2)cc1C. The standard InChI is InChI=1S/C25H23ClN2O4/c1-16-6-9-20(12-17(16)2)24(29)15-23(19-4-3-5-21(26)14-19)27-25(30)13-18-7-10-22(11-8-18)28(31)32/h3-12,14,23H,13,15H2,1-2H3,(H,27,30). The number of non-ortho nitro benzene ring substituents is 1. The van der Waals surface area contributed by atoms with Crippen LogP contribution in [0.5, 0.6) is 0 Å². The van der Waals surface area contributed by atoms with Gasteiger partial charge in [-0.05, 0) is 54.3 Å². The van der Waals surface area contributed by atoms with Crippen LogP contribution in [0.2, 0.25) is 5.02 Å². The fourth-order valence-corrected chi connectivity index (χ4v) is 3.56. The molecule has 0 radical (unpaired) electrons. The van der Waals surface area contributed by atoms with Gasteiger partial charge in [0.2, 0.25) is 5.91 Å². The quantitative estimate of drug-likeness (QED) is 0.277. The number of hydrogen-bond acceptors (Lipinski definition) is 4. The van der Waals surface area contributed by atoms with Crippen LogP contribution in [0.4, 0.5) is 5.69 Å². The second kappa shape index (κ2) is 10.2. The molecule has 0 aliphatic carbocycles. The van der Waals surface area contributed by atoms with E-state index in [2.05, 4.69) is 5.32 Å². The summed E-state index contributed by atoms with van der Waals surface area (Å²) in [6, 6.07) is 17.9. The Morgan fingerprint density at radius 1 is 1.00 bits per heavy atom. The summed E-state index contributed by atoms with van der Waals surface area (Å²) in [4.78, 5) is 36.0. The van der Waals surface area contributed by atoms with Crippen LogP contribution in [0.3, 0.4) is 0 Å². The van der Waals surface area contributed by atoms with Gasteiger partial charge in [0.25, 0.3) is 5.69 Å². The molecule has 1 unspecified atom stereocenters. The Morgan fingerprint density at radius 2 is 1.72 bits per heavy atom. The zero-order valence-electron chi connectivity index (χ0n) is 17.8. The Hall–Kier alpha value is -3.51. The van der Waals surface area contributed by atoms with E-state index in [-0.39, 0.29) is 30.2 Å². The molecule has 3 aromatic rings. The molecule has 0 saturated carbocycles. The molecule has 0 aliphatic heterocycles. The van der Waals surface area contributed by atoms with Gasteiger partial charge in [0.15, 0.2) is 5.78 Å². The third-order valence-electron chi connectivity index (χ3n) is 5.32. The lowest BCUT2D eigenvalue weighted by Crippen LogP contribution is -2.31. The summed E-state index contributed by atoms with van der Waals surface area (Å²) in [7, 11) is 0. The molecule has 0 aromatic heterocycles. The molecule has 1 N–H and O–H groups in total. The monoisotopic (exact) mass is 450 g/mol. The number of carbonyl (C=O) groups excluding carboxylic acids is 2. The molecule has 164 valence electrons. The van der Waals surface area contributed by atoms with Gasteiger partial charge < -0.3 is 5.32 Å². The normalized spacial score (nSPS) is 11.6. The van der Waals surface area contributed by atoms with Crippen molar-refractivity contribution < 1.29 is 14.5 Å². The minimum absolute atomic E-state index is 0.0346. The van der Waals surface area contributed by atoms with Crippen molar-refractivity contribution in [2.24, 2.45) is 0 Å². The summed E-state index contributed by atoms with van der Waals surface area (Å²) in [6.07, 6.45) is 0.113. The second-order valence-corrected chi connectivity index (χ2v) is 8.14. The van der Waals surface area contributed by atoms with Gasteiger partial charge in [0.1, 0.15) is 0 Å². The maximum Gasteiger partial charge on any atom is 0.269 e. The van der Waals surface area contributed by atoms with Crippen LogP contribution < -0.4 is 5.32 Å². The van der Waals surface area contributed by atoms with Crippen molar-refractivity contribution in [2.75, 3.05) is 0 Å². The van der Waals surface area contributed by atoms with Gasteiger partial charge in [-0.15, -0.1) is 0 Å². The summed E-state index contributed by atoms with van der Waals surface area (Å²) in [5, 5.41) is 14.2. The minimum Gasteiger partial charge on any atom is -0.349 e. The fourth-order valence-electron chi connectivity index (χ4n) is 3.36. The van der Waals surface area contributed by atoms with Crippen molar-refractivity contribution in [1.29, 1.82) is 0 Å². The van der Waals surface area contributed by atoms with Gasteiger partial charge >= 0.3 is 0 Å². The fraction of sp³-hybridized carbons (Fsp3) is 0.200. The Balaban J connectivity index is 1.78. The van der Waals surface area contributed by atoms with Crippen molar-refractivity contribution in [3.8, 4) is 0 Å². The molecule has 0 aliphatic rings. The van der Waals surface area contributed by atoms with E-state index >= 15 is 0 Å². The third kappa shape index (κ3) is 6.02. The van der Waals surface area contributed by atoms with Crippen molar-refractivity contribution in [3.63, 3.8) is 0 Å². The first kappa shape index (κ1) is 23.2. The van der Waals surface area contributed by atoms with Gasteiger partial charge in [-0.1, -0.05) is 48.0 Å². The number of benzene rings is 3. The van der Waals surface area contributed by atoms with Crippen LogP contribution in [-0.2, 0) is 11.2 Å². The number of Topliss-reactive ketones (excluding diaryl/α,β-unsaturated/α-hetero) is 1. The molecule has 1 amide bonds. The van der Waals surface area contributed by atoms with Crippen molar-refractivity contribution in [2.45, 2.75) is 32.7 Å². The van der Waals surface area contributed by atoms with Crippen LogP contribution in [0, 0.1) is 24.0 Å². The zero-order valence-corrected chi connectivity index (χ0v) is 18.6. The van der Waals surface area contributed by atoms with E-state index in [1.807, 2.05) is 32.0 Å². The summed E-state index contributed by atoms with van der Waals surface area (Å²) >= 11 is 6.13. The molecular formula is C25H23ClN2O4. The number of hydrogen-bond donors (Lipinski definition) is 1. The summed E-state index contributed by atoms with van der Waals surface area (Å²) in [5.74, 6) is -0.384. The molecule has 7 heteroatoms. The van der Waals surface area contributed by atoms with E-state index in [9.17, 15) is 19.7 Å². The van der Waals surface area contributed by atoms with Gasteiger partial charge in [0.05, 0.1) is 17.4 Å². The lowest BCUT2D eigenvalue weighted by molar-refractivity contribution is -0.384. The van der Waals surface area contributed by atoms with E-state index in [4.69, 9.17) is 11.6 Å². The van der Waals surface area contributed by atoms with Crippen LogP contribution in [0.15, 0.2) is 66.7 Å². The average Bonchev–Trinajstić information content (AvgIpc) is 2.75. The predicted molar refractivity (Wildman–Crippen MR) is 124 cm³/mol. The molecule has 3 rings (SSSR count). The summed E-state index contributed by atoms with van der Waals surface area (Å²) in [5.41, 5.74) is 4.04. The number of nitrogens with one attached hydrogen (secondary N) is 1. The second-order valence-electron chi connectivity index (χ2n) is 7.70. The molecule has 0 saturated heterocycles. The molecule has 6 nitrogen and oxygen atoms in total. The lowest BCUT2D eigenvalue weighted by atomic mass is 9.95. The zero-order chi connectivity index (χ0) is 23.3. The molecular weight excluding hydrogens is 428 g/mol. The largest absolute Gasteiger partial charge is 0.349 e. The van der Waals surface area contributed by atoms with Crippen LogP contribution in [-0.4, -0.2) is 16.6 Å². The van der Waals surface area contributed by atoms with Gasteiger partial charge in [-0.3, -0.25) is 19.7 Å². The van der Waals surface area contributed by atoms with E-state index in [0.29, 0.717) is 16.1 Å². The highest BCUT2D eigenvalue weighted by Gasteiger charge is 2.20. The molecule has 1 atom stereocenters. The molecule has 0 fully saturated rings. The number of halogens is 1. The van der Waals surface area contributed by atoms with Gasteiger partial charge in [-0.2, -0.15) is 0 Å². The number of nitro benzene ring substituents is 1. The molecule has 32 heavy (non-hydrogen) atoms. The molecule has 3 aromatic carbocycles. The van der Waals surface area contributed by atoms with Crippen molar-refractivity contribution >= 4 is 29.0 Å². The van der Waals surface area contributed by atoms with E-state index in [1.165, 1.54) is 12.1 Å². The number of nitro groups is 1. The maximum absolute atomic E-state index is 13.0. The lowest BCUT2D eigenvalue weighted by Gasteiger charge is -2.19. The number of ketones is 1. The van der Waals surface area contributed by atoms with Crippen molar-refractivity contribution in [3.05, 3.63) is 110 Å². The number of carbonyl (C=O) groups is 2. The van der Waals surface area contributed by atoms with Crippen molar-refractivity contribution in [1.82, 2.24) is 5.32 Å². The van der Waals surface area contributed by atoms with E-state index < -0.39 is 11.0 Å². The van der Waals surface area contributed by atoms with Crippen LogP contribution >= 0.6 is 11.6 Å². The predicted octanol–water partition coefficient (Wildman–Crippen LogP) is 5.54. The van der Waals surface area contributed by atoms with E-state index in [0.717, 1.165) is 16.7 Å². The highest BCUT2D eigenvalue weighted by Crippen LogP contribution is 2.24. The topological polar surface area (TPSA) is 89.3 Å². The van der Waals surface area contributed by atoms with Crippen LogP contribution in [0.1, 0.15) is 45.1 Å². The number of rotatable bonds is 8. The first-order valence-electron chi connectivity index (χ1n) is 10.1. The number of aryl methyl sites for hydroxylation is 2. The summed E-state index contributed by atoms with van der Waals surface area (Å²) in [6.45, 7) is 3.93. The Kier molecular flexibility index (Phi) is 7.38. The smallest absolute Gasteiger partial charge is 0.269 e. The number of nitrogens with zero attached hydrogens (tertiary/aromatic N) is 1. The Labute approximate surface area is 191 Å². The Morgan fingerprint density at radius 3 is 2.34 bits per heavy atom. The average molecular weight is 451 g/mol. The molecule has 0 bridgehead atoms. The first-order chi connectivity index (χ1) is 15.2. The van der Waals surface area contributed by atoms with Crippen LogP contribution in [0.25, 0.3) is 0 Å². The first-order valence-corrected chi connectivity index (χ1v) is 10.5. The maximum atomic E-state index is 13.0. The molecule has 0 spiro atoms. The highest BCUT2D eigenvalue weighted by molar-refractivity contribution is 6.30. The van der Waals surface area contributed by atoms with E-state index in [1.54, 1.807) is 36.4 Å². The summed E-state index contributed by atoms with van der Waals surface area (Å²) < 4.78 is 0. The Bertz CT molecular complexity index is 1160. The third-order valence-corrected chi connectivity index (χ3v) is 5.55. The highest BCUT2D eigenvalue weighted by atomic mass is 35.5. The molecule has 0 heterocycles. The number of amides is 1. The van der Waals surface area contributed by atoms with Gasteiger partial charge in [0, 0.05) is 29.1 Å². The van der Waals surface area contributed by atoms with Gasteiger partial charge in [-0.25, -0.2) is 0 Å². The minimum atomic E-state index is -0.562.